The number of carbonyl (C=O) groups is 1. The van der Waals surface area contributed by atoms with Crippen LogP contribution in [-0.2, 0) is 27.9 Å². The number of nitrogens with one attached hydrogen (secondary N) is 1. The molecule has 13 heteroatoms. The number of aromatic nitrogens is 2. The molecule has 1 N–H and O–H groups in total. The smallest absolute Gasteiger partial charge is 0.261 e. The highest BCUT2D eigenvalue weighted by atomic mass is 32.2. The van der Waals surface area contributed by atoms with Gasteiger partial charge in [-0.1, -0.05) is 18.2 Å². The molecule has 0 spiro atoms. The first-order valence-electron chi connectivity index (χ1n) is 14.7. The second kappa shape index (κ2) is 12.7. The number of sulfonamides is 1. The molecule has 0 atom stereocenters. The van der Waals surface area contributed by atoms with Crippen molar-refractivity contribution < 1.29 is 31.1 Å². The summed E-state index contributed by atoms with van der Waals surface area (Å²) < 4.78 is 67.0. The van der Waals surface area contributed by atoms with Gasteiger partial charge in [-0.05, 0) is 65.7 Å². The number of methoxy groups -OCH3 is 1. The number of benzene rings is 4. The van der Waals surface area contributed by atoms with E-state index in [1.807, 2.05) is 0 Å². The molecule has 0 fully saturated rings. The average molecular weight is 673 g/mol. The highest BCUT2D eigenvalue weighted by Crippen LogP contribution is 2.41. The van der Waals surface area contributed by atoms with Crippen molar-refractivity contribution in [2.75, 3.05) is 31.8 Å². The number of ether oxygens (including phenoxy) is 1. The van der Waals surface area contributed by atoms with Crippen LogP contribution in [0, 0.1) is 11.6 Å². The first-order chi connectivity index (χ1) is 22.9. The number of hydrogen-bond donors (Lipinski definition) is 1. The van der Waals surface area contributed by atoms with Crippen molar-refractivity contribution in [3.8, 4) is 22.5 Å². The number of furan rings is 1. The van der Waals surface area contributed by atoms with Crippen LogP contribution in [0.3, 0.4) is 0 Å². The molecule has 4 aromatic carbocycles. The summed E-state index contributed by atoms with van der Waals surface area (Å²) in [6.45, 7) is 0.156. The Morgan fingerprint density at radius 2 is 1.60 bits per heavy atom. The van der Waals surface area contributed by atoms with Gasteiger partial charge < -0.3 is 14.5 Å². The van der Waals surface area contributed by atoms with Crippen molar-refractivity contribution in [1.29, 1.82) is 0 Å². The Balaban J connectivity index is 1.61. The maximum Gasteiger partial charge on any atom is 0.261 e. The van der Waals surface area contributed by atoms with Gasteiger partial charge in [0.05, 0.1) is 35.0 Å². The first-order valence-corrected chi connectivity index (χ1v) is 16.5. The Morgan fingerprint density at radius 1 is 0.958 bits per heavy atom. The molecular formula is C35H30F2N4O6S. The van der Waals surface area contributed by atoms with E-state index in [1.165, 1.54) is 68.2 Å². The van der Waals surface area contributed by atoms with E-state index < -0.39 is 27.6 Å². The molecule has 0 saturated carbocycles. The third-order valence-electron chi connectivity index (χ3n) is 8.08. The van der Waals surface area contributed by atoms with Gasteiger partial charge in [0.25, 0.3) is 11.5 Å². The molecule has 246 valence electrons. The topological polar surface area (TPSA) is 124 Å². The van der Waals surface area contributed by atoms with Crippen molar-refractivity contribution in [3.05, 3.63) is 118 Å². The zero-order valence-corrected chi connectivity index (χ0v) is 27.2. The molecule has 0 aliphatic heterocycles. The van der Waals surface area contributed by atoms with E-state index in [9.17, 15) is 26.8 Å². The SMILES string of the molecule is CNC(=O)c1c(-c2ccc(F)cc2)oc2cc(N(C)S(C)(=O)=O)c(-c3ccc4nc(COC)n(Cc5ccc(F)cc5)c(=O)c4c3)cc12. The number of anilines is 1. The molecule has 10 nitrogen and oxygen atoms in total. The maximum absolute atomic E-state index is 14.0. The van der Waals surface area contributed by atoms with Gasteiger partial charge in [-0.15, -0.1) is 0 Å². The van der Waals surface area contributed by atoms with E-state index in [1.54, 1.807) is 36.4 Å². The Bertz CT molecular complexity index is 2370. The Hall–Kier alpha value is -5.40. The molecule has 48 heavy (non-hydrogen) atoms. The lowest BCUT2D eigenvalue weighted by Gasteiger charge is -2.21. The van der Waals surface area contributed by atoms with Crippen molar-refractivity contribution >= 4 is 43.5 Å². The number of nitrogens with zero attached hydrogens (tertiary/aromatic N) is 3. The predicted molar refractivity (Wildman–Crippen MR) is 179 cm³/mol. The number of fused-ring (bicyclic) bond motifs is 2. The minimum absolute atomic E-state index is 0.0489. The molecule has 6 aromatic rings. The maximum atomic E-state index is 14.0. The van der Waals surface area contributed by atoms with Crippen molar-refractivity contribution in [1.82, 2.24) is 14.9 Å². The fourth-order valence-electron chi connectivity index (χ4n) is 5.57. The van der Waals surface area contributed by atoms with E-state index in [4.69, 9.17) is 9.15 Å². The molecule has 0 saturated heterocycles. The quantitative estimate of drug-likeness (QED) is 0.209. The summed E-state index contributed by atoms with van der Waals surface area (Å²) in [6, 6.07) is 19.4. The van der Waals surface area contributed by atoms with E-state index in [2.05, 4.69) is 10.3 Å². The van der Waals surface area contributed by atoms with Gasteiger partial charge >= 0.3 is 0 Å². The monoisotopic (exact) mass is 672 g/mol. The lowest BCUT2D eigenvalue weighted by atomic mass is 9.97. The van der Waals surface area contributed by atoms with E-state index in [-0.39, 0.29) is 46.7 Å². The molecule has 1 amide bonds. The molecule has 0 radical (unpaired) electrons. The van der Waals surface area contributed by atoms with Gasteiger partial charge in [-0.2, -0.15) is 0 Å². The van der Waals surface area contributed by atoms with Crippen LogP contribution in [-0.4, -0.2) is 51.3 Å². The summed E-state index contributed by atoms with van der Waals surface area (Å²) in [5, 5.41) is 3.23. The van der Waals surface area contributed by atoms with E-state index in [0.717, 1.165) is 10.6 Å². The highest BCUT2D eigenvalue weighted by molar-refractivity contribution is 7.92. The van der Waals surface area contributed by atoms with Gasteiger partial charge in [0.1, 0.15) is 35.4 Å². The van der Waals surface area contributed by atoms with Crippen molar-refractivity contribution in [2.24, 2.45) is 0 Å². The number of rotatable bonds is 9. The summed E-state index contributed by atoms with van der Waals surface area (Å²) in [6.07, 6.45) is 1.05. The normalized spacial score (nSPS) is 11.7. The molecule has 0 bridgehead atoms. The molecule has 6 rings (SSSR count). The predicted octanol–water partition coefficient (Wildman–Crippen LogP) is 5.71. The lowest BCUT2D eigenvalue weighted by molar-refractivity contribution is 0.0964. The third-order valence-corrected chi connectivity index (χ3v) is 9.27. The third kappa shape index (κ3) is 6.05. The minimum atomic E-state index is -3.79. The van der Waals surface area contributed by atoms with Gasteiger partial charge in [-0.3, -0.25) is 18.5 Å². The first kappa shape index (κ1) is 32.5. The van der Waals surface area contributed by atoms with E-state index >= 15 is 0 Å². The van der Waals surface area contributed by atoms with Crippen LogP contribution in [0.1, 0.15) is 21.7 Å². The molecule has 2 heterocycles. The Kier molecular flexibility index (Phi) is 8.58. The largest absolute Gasteiger partial charge is 0.455 e. The van der Waals surface area contributed by atoms with Crippen LogP contribution in [0.15, 0.2) is 88.1 Å². The number of amides is 1. The van der Waals surface area contributed by atoms with Crippen molar-refractivity contribution in [2.45, 2.75) is 13.2 Å². The summed E-state index contributed by atoms with van der Waals surface area (Å²) in [5.41, 5.74) is 2.59. The average Bonchev–Trinajstić information content (AvgIpc) is 3.44. The Labute approximate surface area is 274 Å². The molecule has 0 aliphatic carbocycles. The number of halogens is 2. The molecular weight excluding hydrogens is 642 g/mol. The number of hydrogen-bond acceptors (Lipinski definition) is 7. The molecule has 0 aliphatic rings. The van der Waals surface area contributed by atoms with Crippen LogP contribution < -0.4 is 15.2 Å². The second-order valence-electron chi connectivity index (χ2n) is 11.2. The van der Waals surface area contributed by atoms with Crippen LogP contribution in [0.2, 0.25) is 0 Å². The minimum Gasteiger partial charge on any atom is -0.455 e. The van der Waals surface area contributed by atoms with Crippen LogP contribution in [0.5, 0.6) is 0 Å². The van der Waals surface area contributed by atoms with Crippen LogP contribution in [0.4, 0.5) is 14.5 Å². The molecule has 0 unspecified atom stereocenters. The highest BCUT2D eigenvalue weighted by Gasteiger charge is 2.26. The standard InChI is InChI=1S/C35H30F2N4O6S/c1-38-34(42)32-27-16-25(29(40(2)48(4,44)45)17-30(27)47-33(32)21-7-12-24(37)13-8-21)22-9-14-28-26(15-22)35(43)41(31(39-28)19-46-3)18-20-5-10-23(36)11-6-20/h5-17H,18-19H2,1-4H3,(H,38,42). The fraction of sp³-hybridized carbons (Fsp3) is 0.171. The van der Waals surface area contributed by atoms with E-state index in [0.29, 0.717) is 39.0 Å². The number of carbonyl (C=O) groups excluding carboxylic acids is 1. The zero-order chi connectivity index (χ0) is 34.3. The van der Waals surface area contributed by atoms with Crippen LogP contribution >= 0.6 is 0 Å². The van der Waals surface area contributed by atoms with Gasteiger partial charge in [0.15, 0.2) is 0 Å². The summed E-state index contributed by atoms with van der Waals surface area (Å²) in [7, 11) is 0.550. The fourth-order valence-corrected chi connectivity index (χ4v) is 6.08. The Morgan fingerprint density at radius 3 is 2.23 bits per heavy atom. The summed E-state index contributed by atoms with van der Waals surface area (Å²) in [4.78, 5) is 32.0. The summed E-state index contributed by atoms with van der Waals surface area (Å²) >= 11 is 0. The van der Waals surface area contributed by atoms with Gasteiger partial charge in [-0.25, -0.2) is 22.2 Å². The van der Waals surface area contributed by atoms with Crippen LogP contribution in [0.25, 0.3) is 44.3 Å². The zero-order valence-electron chi connectivity index (χ0n) is 26.4. The van der Waals surface area contributed by atoms with Gasteiger partial charge in [0.2, 0.25) is 10.0 Å². The second-order valence-corrected chi connectivity index (χ2v) is 13.2. The van der Waals surface area contributed by atoms with Crippen molar-refractivity contribution in [3.63, 3.8) is 0 Å². The summed E-state index contributed by atoms with van der Waals surface area (Å²) in [5.74, 6) is -0.800. The van der Waals surface area contributed by atoms with Gasteiger partial charge in [0, 0.05) is 43.8 Å². The molecule has 2 aromatic heterocycles. The lowest BCUT2D eigenvalue weighted by Crippen LogP contribution is -2.26.